The lowest BCUT2D eigenvalue weighted by atomic mass is 10.00. The normalized spacial score (nSPS) is 20.2. The Morgan fingerprint density at radius 3 is 2.63 bits per heavy atom. The molecule has 2 N–H and O–H groups in total. The summed E-state index contributed by atoms with van der Waals surface area (Å²) < 4.78 is 25.8. The number of hydrogen-bond donors (Lipinski definition) is 2. The van der Waals surface area contributed by atoms with Crippen molar-refractivity contribution in [1.29, 1.82) is 0 Å². The van der Waals surface area contributed by atoms with Gasteiger partial charge in [0.2, 0.25) is 0 Å². The predicted molar refractivity (Wildman–Crippen MR) is 115 cm³/mol. The quantitative estimate of drug-likeness (QED) is 0.629. The Labute approximate surface area is 177 Å². The van der Waals surface area contributed by atoms with Gasteiger partial charge in [-0.2, -0.15) is 0 Å². The molecule has 0 radical (unpaired) electrons. The van der Waals surface area contributed by atoms with E-state index in [2.05, 4.69) is 17.1 Å². The number of hydrogen-bond acceptors (Lipinski definition) is 7. The zero-order chi connectivity index (χ0) is 22.1. The number of benzene rings is 1. The summed E-state index contributed by atoms with van der Waals surface area (Å²) in [5.74, 6) is -0.581. The van der Waals surface area contributed by atoms with E-state index in [9.17, 15) is 18.0 Å². The number of nitrogens with zero attached hydrogens (tertiary/aromatic N) is 2. The Kier molecular flexibility index (Phi) is 6.52. The van der Waals surface area contributed by atoms with Gasteiger partial charge in [0, 0.05) is 24.9 Å². The standard InChI is InChI=1S/C21H29N3O5S/c1-14(2)30(28,29)19-7-6-16(23-8-4-5-15(3)13-23)11-17(19)22-18-12-20(26)24(9-10-25)21(18)27/h6-7,11-12,14-15,22,25H,4-5,8-10,13H2,1-3H3. The van der Waals surface area contributed by atoms with Crippen LogP contribution in [0.25, 0.3) is 0 Å². The summed E-state index contributed by atoms with van der Waals surface area (Å²) in [6, 6.07) is 5.10. The minimum atomic E-state index is -3.62. The van der Waals surface area contributed by atoms with Crippen molar-refractivity contribution >= 4 is 33.0 Å². The molecule has 0 spiro atoms. The van der Waals surface area contributed by atoms with E-state index in [1.807, 2.05) is 0 Å². The van der Waals surface area contributed by atoms with E-state index in [-0.39, 0.29) is 29.4 Å². The van der Waals surface area contributed by atoms with Gasteiger partial charge in [-0.25, -0.2) is 8.42 Å². The molecule has 2 aliphatic rings. The van der Waals surface area contributed by atoms with E-state index in [1.54, 1.807) is 32.0 Å². The topological polar surface area (TPSA) is 107 Å². The molecule has 0 aliphatic carbocycles. The molecular weight excluding hydrogens is 406 g/mol. The van der Waals surface area contributed by atoms with Gasteiger partial charge in [-0.1, -0.05) is 6.92 Å². The Bertz CT molecular complexity index is 971. The van der Waals surface area contributed by atoms with E-state index < -0.39 is 26.9 Å². The highest BCUT2D eigenvalue weighted by atomic mass is 32.2. The molecule has 1 saturated heterocycles. The molecule has 0 bridgehead atoms. The van der Waals surface area contributed by atoms with Gasteiger partial charge in [-0.3, -0.25) is 14.5 Å². The number of piperidine rings is 1. The smallest absolute Gasteiger partial charge is 0.277 e. The van der Waals surface area contributed by atoms with Crippen LogP contribution in [0.4, 0.5) is 11.4 Å². The van der Waals surface area contributed by atoms with E-state index in [4.69, 9.17) is 5.11 Å². The minimum absolute atomic E-state index is 0.00202. The molecule has 1 atom stereocenters. The summed E-state index contributed by atoms with van der Waals surface area (Å²) in [6.07, 6.45) is 3.36. The molecule has 2 heterocycles. The van der Waals surface area contributed by atoms with E-state index in [1.165, 1.54) is 0 Å². The lowest BCUT2D eigenvalue weighted by Gasteiger charge is -2.33. The molecule has 30 heavy (non-hydrogen) atoms. The average molecular weight is 436 g/mol. The number of aliphatic hydroxyl groups excluding tert-OH is 1. The fourth-order valence-corrected chi connectivity index (χ4v) is 4.98. The Morgan fingerprint density at radius 2 is 2.00 bits per heavy atom. The van der Waals surface area contributed by atoms with Crippen molar-refractivity contribution in [3.63, 3.8) is 0 Å². The van der Waals surface area contributed by atoms with Crippen LogP contribution in [-0.4, -0.2) is 61.7 Å². The fourth-order valence-electron chi connectivity index (χ4n) is 3.79. The third-order valence-electron chi connectivity index (χ3n) is 5.51. The maximum Gasteiger partial charge on any atom is 0.277 e. The van der Waals surface area contributed by atoms with Gasteiger partial charge in [0.05, 0.1) is 29.0 Å². The average Bonchev–Trinajstić information content (AvgIpc) is 2.95. The molecule has 0 aromatic heterocycles. The van der Waals surface area contributed by atoms with E-state index in [0.717, 1.165) is 42.6 Å². The van der Waals surface area contributed by atoms with Gasteiger partial charge in [0.15, 0.2) is 9.84 Å². The van der Waals surface area contributed by atoms with Crippen LogP contribution >= 0.6 is 0 Å². The molecule has 2 aliphatic heterocycles. The summed E-state index contributed by atoms with van der Waals surface area (Å²) in [5, 5.41) is 11.3. The van der Waals surface area contributed by atoms with E-state index in [0.29, 0.717) is 5.92 Å². The monoisotopic (exact) mass is 435 g/mol. The first-order chi connectivity index (χ1) is 14.1. The van der Waals surface area contributed by atoms with Gasteiger partial charge in [0.25, 0.3) is 11.8 Å². The van der Waals surface area contributed by atoms with Crippen LogP contribution in [0, 0.1) is 5.92 Å². The van der Waals surface area contributed by atoms with Gasteiger partial charge in [-0.15, -0.1) is 0 Å². The number of carbonyl (C=O) groups excluding carboxylic acids is 2. The number of anilines is 2. The largest absolute Gasteiger partial charge is 0.395 e. The summed E-state index contributed by atoms with van der Waals surface area (Å²) in [4.78, 5) is 27.8. The summed E-state index contributed by atoms with van der Waals surface area (Å²) in [5.41, 5.74) is 1.15. The summed E-state index contributed by atoms with van der Waals surface area (Å²) >= 11 is 0. The lowest BCUT2D eigenvalue weighted by Crippen LogP contribution is -2.35. The van der Waals surface area contributed by atoms with Gasteiger partial charge in [0.1, 0.15) is 5.70 Å². The second-order valence-electron chi connectivity index (χ2n) is 8.17. The zero-order valence-electron chi connectivity index (χ0n) is 17.6. The Hall–Kier alpha value is -2.39. The van der Waals surface area contributed by atoms with Crippen LogP contribution in [-0.2, 0) is 19.4 Å². The van der Waals surface area contributed by atoms with Gasteiger partial charge >= 0.3 is 0 Å². The van der Waals surface area contributed by atoms with Crippen LogP contribution in [0.5, 0.6) is 0 Å². The highest BCUT2D eigenvalue weighted by molar-refractivity contribution is 7.92. The highest BCUT2D eigenvalue weighted by Crippen LogP contribution is 2.33. The van der Waals surface area contributed by atoms with Crippen LogP contribution in [0.2, 0.25) is 0 Å². The maximum absolute atomic E-state index is 12.9. The van der Waals surface area contributed by atoms with Gasteiger partial charge in [-0.05, 0) is 50.8 Å². The number of sulfone groups is 1. The van der Waals surface area contributed by atoms with Crippen molar-refractivity contribution in [1.82, 2.24) is 4.90 Å². The molecule has 164 valence electrons. The van der Waals surface area contributed by atoms with Crippen molar-refractivity contribution in [3.05, 3.63) is 30.0 Å². The molecule has 3 rings (SSSR count). The molecule has 1 aromatic rings. The first kappa shape index (κ1) is 22.3. The molecule has 9 heteroatoms. The molecule has 0 saturated carbocycles. The van der Waals surface area contributed by atoms with Crippen LogP contribution in [0.3, 0.4) is 0 Å². The molecule has 2 amide bonds. The second kappa shape index (κ2) is 8.77. The number of amides is 2. The highest BCUT2D eigenvalue weighted by Gasteiger charge is 2.32. The predicted octanol–water partition coefficient (Wildman–Crippen LogP) is 1.76. The number of rotatable bonds is 7. The molecule has 1 unspecified atom stereocenters. The Morgan fingerprint density at radius 1 is 1.27 bits per heavy atom. The number of carbonyl (C=O) groups is 2. The molecule has 1 fully saturated rings. The SMILES string of the molecule is CC1CCCN(c2ccc(S(=O)(=O)C(C)C)c(NC3=CC(=O)N(CCO)C3=O)c2)C1. The summed E-state index contributed by atoms with van der Waals surface area (Å²) in [6.45, 7) is 6.70. The van der Waals surface area contributed by atoms with Crippen LogP contribution in [0.15, 0.2) is 34.9 Å². The fraction of sp³-hybridized carbons (Fsp3) is 0.524. The van der Waals surface area contributed by atoms with Gasteiger partial charge < -0.3 is 15.3 Å². The number of aliphatic hydroxyl groups is 1. The second-order valence-corrected chi connectivity index (χ2v) is 10.6. The van der Waals surface area contributed by atoms with Crippen LogP contribution in [0.1, 0.15) is 33.6 Å². The summed E-state index contributed by atoms with van der Waals surface area (Å²) in [7, 11) is -3.62. The lowest BCUT2D eigenvalue weighted by molar-refractivity contribution is -0.137. The molecular formula is C21H29N3O5S. The number of nitrogens with one attached hydrogen (secondary N) is 1. The van der Waals surface area contributed by atoms with Crippen molar-refractivity contribution in [3.8, 4) is 0 Å². The minimum Gasteiger partial charge on any atom is -0.395 e. The third-order valence-corrected chi connectivity index (χ3v) is 7.73. The van der Waals surface area contributed by atoms with Crippen molar-refractivity contribution in [2.75, 3.05) is 36.5 Å². The Balaban J connectivity index is 1.99. The molecule has 1 aromatic carbocycles. The zero-order valence-corrected chi connectivity index (χ0v) is 18.4. The number of imide groups is 1. The first-order valence-corrected chi connectivity index (χ1v) is 11.8. The van der Waals surface area contributed by atoms with Crippen molar-refractivity contribution < 1.29 is 23.1 Å². The third kappa shape index (κ3) is 4.37. The molecule has 8 nitrogen and oxygen atoms in total. The van der Waals surface area contributed by atoms with Crippen LogP contribution < -0.4 is 10.2 Å². The first-order valence-electron chi connectivity index (χ1n) is 10.2. The van der Waals surface area contributed by atoms with Crippen molar-refractivity contribution in [2.24, 2.45) is 5.92 Å². The maximum atomic E-state index is 12.9. The number of β-amino-alcohol motifs (C(OH)–C–C–N with tert-alkyl or cyclic N) is 1. The van der Waals surface area contributed by atoms with E-state index >= 15 is 0 Å². The van der Waals surface area contributed by atoms with Crippen molar-refractivity contribution in [2.45, 2.75) is 43.8 Å².